The molecule has 0 spiro atoms. The van der Waals surface area contributed by atoms with Gasteiger partial charge in [-0.05, 0) is 46.5 Å². The molecule has 0 amide bonds. The first-order valence-electron chi connectivity index (χ1n) is 5.38. The van der Waals surface area contributed by atoms with E-state index in [9.17, 15) is 0 Å². The molecule has 1 fully saturated rings. The lowest BCUT2D eigenvalue weighted by Crippen LogP contribution is -2.16. The van der Waals surface area contributed by atoms with E-state index in [0.29, 0.717) is 6.61 Å². The van der Waals surface area contributed by atoms with Gasteiger partial charge in [-0.1, -0.05) is 22.0 Å². The number of rotatable bonds is 4. The molecule has 1 atom stereocenters. The van der Waals surface area contributed by atoms with E-state index >= 15 is 0 Å². The van der Waals surface area contributed by atoms with Crippen LogP contribution in [0.4, 0.5) is 0 Å². The molecule has 1 aliphatic heterocycles. The van der Waals surface area contributed by atoms with Gasteiger partial charge in [0.05, 0.1) is 10.6 Å². The number of alkyl halides is 1. The van der Waals surface area contributed by atoms with E-state index < -0.39 is 0 Å². The standard InChI is InChI=1S/C12H14Br2O2/c13-7-9-3-4-12(11(14)6-9)16-8-10-2-1-5-15-10/h3-4,6,10H,1-2,5,7-8H2. The van der Waals surface area contributed by atoms with Crippen LogP contribution < -0.4 is 4.74 Å². The molecule has 4 heteroatoms. The summed E-state index contributed by atoms with van der Waals surface area (Å²) in [6, 6.07) is 6.12. The van der Waals surface area contributed by atoms with Crippen LogP contribution >= 0.6 is 31.9 Å². The lowest BCUT2D eigenvalue weighted by molar-refractivity contribution is 0.0677. The quantitative estimate of drug-likeness (QED) is 0.767. The van der Waals surface area contributed by atoms with E-state index in [-0.39, 0.29) is 6.10 Å². The second kappa shape index (κ2) is 6.03. The minimum Gasteiger partial charge on any atom is -0.490 e. The Kier molecular flexibility index (Phi) is 4.67. The highest BCUT2D eigenvalue weighted by atomic mass is 79.9. The van der Waals surface area contributed by atoms with E-state index in [2.05, 4.69) is 44.0 Å². The van der Waals surface area contributed by atoms with Crippen molar-refractivity contribution in [3.8, 4) is 5.75 Å². The van der Waals surface area contributed by atoms with Gasteiger partial charge in [0.1, 0.15) is 12.4 Å². The highest BCUT2D eigenvalue weighted by Crippen LogP contribution is 2.27. The van der Waals surface area contributed by atoms with Gasteiger partial charge in [0.2, 0.25) is 0 Å². The van der Waals surface area contributed by atoms with Crippen molar-refractivity contribution in [1.82, 2.24) is 0 Å². The fraction of sp³-hybridized carbons (Fsp3) is 0.500. The van der Waals surface area contributed by atoms with Crippen molar-refractivity contribution < 1.29 is 9.47 Å². The third kappa shape index (κ3) is 3.22. The Hall–Kier alpha value is -0.0600. The average molecular weight is 350 g/mol. The minimum atomic E-state index is 0.266. The van der Waals surface area contributed by atoms with E-state index in [1.54, 1.807) is 0 Å². The molecule has 2 nitrogen and oxygen atoms in total. The number of hydrogen-bond acceptors (Lipinski definition) is 2. The zero-order chi connectivity index (χ0) is 11.4. The van der Waals surface area contributed by atoms with Crippen molar-refractivity contribution in [1.29, 1.82) is 0 Å². The summed E-state index contributed by atoms with van der Waals surface area (Å²) in [6.07, 6.45) is 2.53. The van der Waals surface area contributed by atoms with Crippen LogP contribution in [-0.2, 0) is 10.1 Å². The molecule has 0 aliphatic carbocycles. The third-order valence-corrected chi connectivity index (χ3v) is 3.87. The molecule has 2 rings (SSSR count). The Morgan fingerprint density at radius 3 is 2.94 bits per heavy atom. The molecular formula is C12H14Br2O2. The highest BCUT2D eigenvalue weighted by Gasteiger charge is 2.16. The Bertz CT molecular complexity index is 349. The topological polar surface area (TPSA) is 18.5 Å². The smallest absolute Gasteiger partial charge is 0.133 e. The van der Waals surface area contributed by atoms with Crippen molar-refractivity contribution in [2.45, 2.75) is 24.3 Å². The highest BCUT2D eigenvalue weighted by molar-refractivity contribution is 9.10. The second-order valence-electron chi connectivity index (χ2n) is 3.84. The van der Waals surface area contributed by atoms with Crippen LogP contribution in [0.15, 0.2) is 22.7 Å². The Labute approximate surface area is 113 Å². The van der Waals surface area contributed by atoms with E-state index in [1.807, 2.05) is 6.07 Å². The maximum atomic E-state index is 5.73. The zero-order valence-corrected chi connectivity index (χ0v) is 12.1. The largest absolute Gasteiger partial charge is 0.490 e. The first-order chi connectivity index (χ1) is 7.79. The van der Waals surface area contributed by atoms with Crippen LogP contribution in [-0.4, -0.2) is 19.3 Å². The van der Waals surface area contributed by atoms with Gasteiger partial charge < -0.3 is 9.47 Å². The van der Waals surface area contributed by atoms with Gasteiger partial charge in [-0.3, -0.25) is 0 Å². The van der Waals surface area contributed by atoms with Crippen LogP contribution in [0.5, 0.6) is 5.75 Å². The summed E-state index contributed by atoms with van der Waals surface area (Å²) in [4.78, 5) is 0. The van der Waals surface area contributed by atoms with Gasteiger partial charge in [-0.2, -0.15) is 0 Å². The molecule has 0 saturated carbocycles. The molecule has 0 aromatic heterocycles. The summed E-state index contributed by atoms with van der Waals surface area (Å²) in [5.74, 6) is 0.889. The molecular weight excluding hydrogens is 336 g/mol. The number of halogens is 2. The van der Waals surface area contributed by atoms with Gasteiger partial charge >= 0.3 is 0 Å². The number of hydrogen-bond donors (Lipinski definition) is 0. The molecule has 0 bridgehead atoms. The predicted molar refractivity (Wildman–Crippen MR) is 71.2 cm³/mol. The first kappa shape index (κ1) is 12.4. The van der Waals surface area contributed by atoms with Crippen molar-refractivity contribution >= 4 is 31.9 Å². The summed E-state index contributed by atoms with van der Waals surface area (Å²) in [5.41, 5.74) is 1.23. The van der Waals surface area contributed by atoms with Crippen molar-refractivity contribution in [3.05, 3.63) is 28.2 Å². The fourth-order valence-corrected chi connectivity index (χ4v) is 2.59. The van der Waals surface area contributed by atoms with Crippen LogP contribution in [0.3, 0.4) is 0 Å². The molecule has 0 N–H and O–H groups in total. The fourth-order valence-electron chi connectivity index (χ4n) is 1.70. The molecule has 88 valence electrons. The zero-order valence-electron chi connectivity index (χ0n) is 8.92. The number of benzene rings is 1. The number of ether oxygens (including phenoxy) is 2. The maximum Gasteiger partial charge on any atom is 0.133 e. The normalized spacial score (nSPS) is 20.0. The van der Waals surface area contributed by atoms with Crippen molar-refractivity contribution in [2.75, 3.05) is 13.2 Å². The molecule has 1 aliphatic rings. The Morgan fingerprint density at radius 1 is 1.44 bits per heavy atom. The second-order valence-corrected chi connectivity index (χ2v) is 5.26. The van der Waals surface area contributed by atoms with E-state index in [0.717, 1.165) is 35.0 Å². The first-order valence-corrected chi connectivity index (χ1v) is 7.30. The van der Waals surface area contributed by atoms with Crippen LogP contribution in [0.2, 0.25) is 0 Å². The predicted octanol–water partition coefficient (Wildman–Crippen LogP) is 3.90. The molecule has 1 heterocycles. The molecule has 1 saturated heterocycles. The third-order valence-electron chi connectivity index (χ3n) is 2.60. The summed E-state index contributed by atoms with van der Waals surface area (Å²) >= 11 is 6.94. The summed E-state index contributed by atoms with van der Waals surface area (Å²) < 4.78 is 12.2. The van der Waals surface area contributed by atoms with Crippen LogP contribution in [0, 0.1) is 0 Å². The Morgan fingerprint density at radius 2 is 2.31 bits per heavy atom. The molecule has 1 unspecified atom stereocenters. The summed E-state index contributed by atoms with van der Waals surface area (Å²) in [5, 5.41) is 0.859. The Balaban J connectivity index is 1.93. The van der Waals surface area contributed by atoms with Gasteiger partial charge in [0, 0.05) is 11.9 Å². The molecule has 0 radical (unpaired) electrons. The van der Waals surface area contributed by atoms with Crippen LogP contribution in [0.25, 0.3) is 0 Å². The monoisotopic (exact) mass is 348 g/mol. The van der Waals surface area contributed by atoms with Crippen molar-refractivity contribution in [3.63, 3.8) is 0 Å². The molecule has 1 aromatic carbocycles. The van der Waals surface area contributed by atoms with Gasteiger partial charge in [0.25, 0.3) is 0 Å². The lowest BCUT2D eigenvalue weighted by atomic mass is 10.2. The summed E-state index contributed by atoms with van der Waals surface area (Å²) in [6.45, 7) is 1.52. The minimum absolute atomic E-state index is 0.266. The molecule has 16 heavy (non-hydrogen) atoms. The van der Waals surface area contributed by atoms with Gasteiger partial charge in [-0.15, -0.1) is 0 Å². The molecule has 1 aromatic rings. The van der Waals surface area contributed by atoms with Crippen molar-refractivity contribution in [2.24, 2.45) is 0 Å². The van der Waals surface area contributed by atoms with E-state index in [1.165, 1.54) is 5.56 Å². The lowest BCUT2D eigenvalue weighted by Gasteiger charge is -2.13. The maximum absolute atomic E-state index is 5.73. The van der Waals surface area contributed by atoms with Crippen LogP contribution in [0.1, 0.15) is 18.4 Å². The summed E-state index contributed by atoms with van der Waals surface area (Å²) in [7, 11) is 0. The van der Waals surface area contributed by atoms with E-state index in [4.69, 9.17) is 9.47 Å². The van der Waals surface area contributed by atoms with Gasteiger partial charge in [0.15, 0.2) is 0 Å². The average Bonchev–Trinajstić information content (AvgIpc) is 2.80. The SMILES string of the molecule is BrCc1ccc(OCC2CCCO2)c(Br)c1. The van der Waals surface area contributed by atoms with Gasteiger partial charge in [-0.25, -0.2) is 0 Å².